The molecule has 1 heterocycles. The van der Waals surface area contributed by atoms with Crippen molar-refractivity contribution in [3.63, 3.8) is 0 Å². The summed E-state index contributed by atoms with van der Waals surface area (Å²) in [6.07, 6.45) is 0. The van der Waals surface area contributed by atoms with E-state index in [1.807, 2.05) is 107 Å². The molecule has 0 aliphatic heterocycles. The Morgan fingerprint density at radius 3 is 0.768 bits per heavy atom. The lowest BCUT2D eigenvalue weighted by Crippen LogP contribution is -2.55. The fourth-order valence-corrected chi connectivity index (χ4v) is 7.14. The van der Waals surface area contributed by atoms with Crippen LogP contribution in [0.15, 0.2) is 56.8 Å². The van der Waals surface area contributed by atoms with Crippen LogP contribution in [0.1, 0.15) is 175 Å². The predicted octanol–water partition coefficient (Wildman–Crippen LogP) is 9.51. The highest BCUT2D eigenvalue weighted by molar-refractivity contribution is 5.51. The molecule has 0 amide bonds. The molecular weight excluding hydrogens is 699 g/mol. The summed E-state index contributed by atoms with van der Waals surface area (Å²) in [4.78, 5) is 44.0. The molecule has 0 saturated heterocycles. The minimum absolute atomic E-state index is 0.0307. The number of phenols is 2. The lowest BCUT2D eigenvalue weighted by atomic mass is 9.78. The standard InChI is InChI=1S/C48H69N3O5/c1-43(2,3)32-19-29(20-33(25-32)44(4,5)6)26-49-40(54)50(27-30-21-34(45(7,8)9)38(52)35(22-30)46(10,11)12)42(56)51(41(49)55)28-31-23-36(47(13,14)15)39(53)37(24-31)48(16,17)18/h19-25,52-53H,26-28H2,1-18H3. The zero-order valence-corrected chi connectivity index (χ0v) is 37.6. The van der Waals surface area contributed by atoms with E-state index < -0.39 is 38.7 Å². The molecule has 1 aromatic heterocycles. The number of aromatic hydroxyl groups is 2. The lowest BCUT2D eigenvalue weighted by Gasteiger charge is -2.28. The van der Waals surface area contributed by atoms with Crippen molar-refractivity contribution < 1.29 is 10.2 Å². The topological polar surface area (TPSA) is 106 Å². The zero-order chi connectivity index (χ0) is 42.9. The first kappa shape index (κ1) is 44.4. The predicted molar refractivity (Wildman–Crippen MR) is 231 cm³/mol. The molecule has 4 rings (SSSR count). The summed E-state index contributed by atoms with van der Waals surface area (Å²) in [5.74, 6) is 0.405. The molecule has 0 radical (unpaired) electrons. The summed E-state index contributed by atoms with van der Waals surface area (Å²) in [5, 5.41) is 22.9. The Morgan fingerprint density at radius 2 is 0.571 bits per heavy atom. The van der Waals surface area contributed by atoms with Gasteiger partial charge in [0, 0.05) is 0 Å². The van der Waals surface area contributed by atoms with Crippen LogP contribution in [-0.2, 0) is 52.1 Å². The molecule has 56 heavy (non-hydrogen) atoms. The molecule has 8 heteroatoms. The molecule has 0 spiro atoms. The van der Waals surface area contributed by atoms with Crippen molar-refractivity contribution in [2.75, 3.05) is 0 Å². The first-order valence-electron chi connectivity index (χ1n) is 20.0. The second kappa shape index (κ2) is 14.6. The molecule has 0 unspecified atom stereocenters. The molecule has 8 nitrogen and oxygen atoms in total. The van der Waals surface area contributed by atoms with Gasteiger partial charge in [0.1, 0.15) is 11.5 Å². The van der Waals surface area contributed by atoms with Crippen molar-refractivity contribution >= 4 is 0 Å². The maximum atomic E-state index is 14.7. The van der Waals surface area contributed by atoms with Gasteiger partial charge in [-0.2, -0.15) is 0 Å². The maximum absolute atomic E-state index is 14.7. The monoisotopic (exact) mass is 768 g/mol. The van der Waals surface area contributed by atoms with Crippen LogP contribution in [0, 0.1) is 0 Å². The highest BCUT2D eigenvalue weighted by atomic mass is 16.3. The van der Waals surface area contributed by atoms with E-state index in [9.17, 15) is 24.6 Å². The summed E-state index contributed by atoms with van der Waals surface area (Å²) in [5.41, 5.74) is 2.94. The second-order valence-corrected chi connectivity index (χ2v) is 22.1. The van der Waals surface area contributed by atoms with Crippen molar-refractivity contribution in [3.05, 3.63) is 124 Å². The maximum Gasteiger partial charge on any atom is 0.336 e. The molecule has 0 fully saturated rings. The van der Waals surface area contributed by atoms with E-state index in [1.54, 1.807) is 0 Å². The van der Waals surface area contributed by atoms with Crippen LogP contribution in [0.4, 0.5) is 0 Å². The van der Waals surface area contributed by atoms with Gasteiger partial charge in [-0.15, -0.1) is 0 Å². The Balaban J connectivity index is 2.10. The minimum atomic E-state index is -0.722. The van der Waals surface area contributed by atoms with Crippen LogP contribution in [0.3, 0.4) is 0 Å². The van der Waals surface area contributed by atoms with Crippen molar-refractivity contribution in [2.45, 2.75) is 177 Å². The minimum Gasteiger partial charge on any atom is -0.507 e. The zero-order valence-electron chi connectivity index (χ0n) is 37.6. The number of hydrogen-bond acceptors (Lipinski definition) is 5. The van der Waals surface area contributed by atoms with Gasteiger partial charge in [0.15, 0.2) is 0 Å². The van der Waals surface area contributed by atoms with Gasteiger partial charge < -0.3 is 10.2 Å². The van der Waals surface area contributed by atoms with E-state index in [-0.39, 0.29) is 42.0 Å². The fraction of sp³-hybridized carbons (Fsp3) is 0.562. The van der Waals surface area contributed by atoms with Gasteiger partial charge in [-0.25, -0.2) is 28.1 Å². The number of hydrogen-bond donors (Lipinski definition) is 2. The van der Waals surface area contributed by atoms with Crippen molar-refractivity contribution in [2.24, 2.45) is 0 Å². The Morgan fingerprint density at radius 1 is 0.357 bits per heavy atom. The third-order valence-corrected chi connectivity index (χ3v) is 10.7. The van der Waals surface area contributed by atoms with Crippen molar-refractivity contribution in [1.29, 1.82) is 0 Å². The average molecular weight is 768 g/mol. The number of rotatable bonds is 6. The van der Waals surface area contributed by atoms with E-state index in [4.69, 9.17) is 0 Å². The van der Waals surface area contributed by atoms with Crippen LogP contribution >= 0.6 is 0 Å². The smallest absolute Gasteiger partial charge is 0.336 e. The first-order valence-corrected chi connectivity index (χ1v) is 20.0. The lowest BCUT2D eigenvalue weighted by molar-refractivity contribution is 0.421. The normalized spacial score (nSPS) is 13.4. The van der Waals surface area contributed by atoms with E-state index in [0.717, 1.165) is 25.8 Å². The Bertz CT molecular complexity index is 2090. The van der Waals surface area contributed by atoms with Crippen molar-refractivity contribution in [1.82, 2.24) is 13.7 Å². The highest BCUT2D eigenvalue weighted by Gasteiger charge is 2.30. The van der Waals surface area contributed by atoms with E-state index in [0.29, 0.717) is 33.4 Å². The van der Waals surface area contributed by atoms with Gasteiger partial charge in [-0.1, -0.05) is 143 Å². The largest absolute Gasteiger partial charge is 0.507 e. The summed E-state index contributed by atoms with van der Waals surface area (Å²) in [6.45, 7) is 36.8. The van der Waals surface area contributed by atoms with Crippen LogP contribution in [0.25, 0.3) is 0 Å². The number of phenolic OH excluding ortho intramolecular Hbond substituents is 2. The molecule has 2 N–H and O–H groups in total. The van der Waals surface area contributed by atoms with Crippen LogP contribution < -0.4 is 17.1 Å². The second-order valence-electron chi connectivity index (χ2n) is 22.1. The first-order chi connectivity index (χ1) is 25.1. The van der Waals surface area contributed by atoms with E-state index in [1.165, 1.54) is 4.57 Å². The quantitative estimate of drug-likeness (QED) is 0.203. The third kappa shape index (κ3) is 9.44. The van der Waals surface area contributed by atoms with Crippen molar-refractivity contribution in [3.8, 4) is 11.5 Å². The van der Waals surface area contributed by atoms with Crippen LogP contribution in [0.2, 0.25) is 0 Å². The molecule has 0 aliphatic rings. The fourth-order valence-electron chi connectivity index (χ4n) is 7.14. The highest BCUT2D eigenvalue weighted by Crippen LogP contribution is 2.41. The van der Waals surface area contributed by atoms with Crippen LogP contribution in [-0.4, -0.2) is 23.9 Å². The Kier molecular flexibility index (Phi) is 11.5. The number of aromatic nitrogens is 3. The van der Waals surface area contributed by atoms with E-state index in [2.05, 4.69) is 59.7 Å². The molecule has 4 aromatic rings. The molecular formula is C48H69N3O5. The van der Waals surface area contributed by atoms with Gasteiger partial charge in [-0.3, -0.25) is 0 Å². The average Bonchev–Trinajstić information content (AvgIpc) is 3.01. The molecule has 0 atom stereocenters. The SMILES string of the molecule is CC(C)(C)c1cc(Cn2c(=O)n(Cc3cc(C(C)(C)C)c(O)c(C(C)(C)C)c3)c(=O)n(Cc3cc(C(C)(C)C)c(O)c(C(C)(C)C)c3)c2=O)cc(C(C)(C)C)c1. The van der Waals surface area contributed by atoms with Crippen LogP contribution in [0.5, 0.6) is 11.5 Å². The summed E-state index contributed by atoms with van der Waals surface area (Å²) in [7, 11) is 0. The summed E-state index contributed by atoms with van der Waals surface area (Å²) >= 11 is 0. The molecule has 3 aromatic carbocycles. The Hall–Kier alpha value is -4.33. The molecule has 0 aliphatic carbocycles. The summed E-state index contributed by atoms with van der Waals surface area (Å²) < 4.78 is 3.49. The third-order valence-electron chi connectivity index (χ3n) is 10.7. The van der Waals surface area contributed by atoms with Gasteiger partial charge in [-0.05, 0) is 107 Å². The number of nitrogens with zero attached hydrogens (tertiary/aromatic N) is 3. The number of benzene rings is 3. The van der Waals surface area contributed by atoms with E-state index >= 15 is 0 Å². The van der Waals surface area contributed by atoms with Gasteiger partial charge in [0.25, 0.3) is 0 Å². The molecule has 306 valence electrons. The van der Waals surface area contributed by atoms with Gasteiger partial charge >= 0.3 is 17.1 Å². The Labute approximate surface area is 335 Å². The molecule has 0 saturated carbocycles. The summed E-state index contributed by atoms with van der Waals surface area (Å²) in [6, 6.07) is 13.8. The van der Waals surface area contributed by atoms with Gasteiger partial charge in [0.05, 0.1) is 19.6 Å². The molecule has 0 bridgehead atoms. The van der Waals surface area contributed by atoms with Gasteiger partial charge in [0.2, 0.25) is 0 Å².